The topological polar surface area (TPSA) is 17.1 Å². The number of benzene rings is 1. The first-order valence-corrected chi connectivity index (χ1v) is 4.80. The summed E-state index contributed by atoms with van der Waals surface area (Å²) >= 11 is 0. The van der Waals surface area contributed by atoms with Crippen molar-refractivity contribution in [2.45, 2.75) is 31.6 Å². The molecule has 2 rings (SSSR count). The van der Waals surface area contributed by atoms with Crippen LogP contribution in [0.1, 0.15) is 37.2 Å². The predicted octanol–water partition coefficient (Wildman–Crippen LogP) is 3.16. The predicted molar refractivity (Wildman–Crippen MR) is 54.8 cm³/mol. The number of carbonyl (C=O) groups is 1. The van der Waals surface area contributed by atoms with Crippen LogP contribution in [-0.4, -0.2) is 6.79 Å². The van der Waals surface area contributed by atoms with Gasteiger partial charge in [-0.05, 0) is 24.3 Å². The monoisotopic (exact) mass is 176 g/mol. The molecular weight excluding hydrogens is 160 g/mol. The second-order valence-corrected chi connectivity index (χ2v) is 3.39. The Morgan fingerprint density at radius 1 is 1.00 bits per heavy atom. The van der Waals surface area contributed by atoms with Crippen LogP contribution in [0.25, 0.3) is 0 Å². The van der Waals surface area contributed by atoms with Crippen LogP contribution in [0.3, 0.4) is 0 Å². The molecule has 0 saturated heterocycles. The number of rotatable bonds is 1. The van der Waals surface area contributed by atoms with Crippen LogP contribution in [0.5, 0.6) is 0 Å². The van der Waals surface area contributed by atoms with Crippen molar-refractivity contribution in [1.29, 1.82) is 0 Å². The first-order valence-electron chi connectivity index (χ1n) is 4.80. The zero-order chi connectivity index (χ0) is 9.52. The fourth-order valence-corrected chi connectivity index (χ4v) is 1.98. The maximum atomic E-state index is 8.00. The Hall–Kier alpha value is -1.11. The van der Waals surface area contributed by atoms with Gasteiger partial charge in [-0.2, -0.15) is 0 Å². The van der Waals surface area contributed by atoms with E-state index in [1.165, 1.54) is 25.7 Å². The van der Waals surface area contributed by atoms with Gasteiger partial charge < -0.3 is 4.79 Å². The zero-order valence-corrected chi connectivity index (χ0v) is 7.91. The van der Waals surface area contributed by atoms with Gasteiger partial charge in [0, 0.05) is 0 Å². The number of carbonyl (C=O) groups excluding carboxylic acids is 1. The Morgan fingerprint density at radius 3 is 2.08 bits per heavy atom. The second-order valence-electron chi connectivity index (χ2n) is 3.39. The molecule has 1 heteroatoms. The lowest BCUT2D eigenvalue weighted by molar-refractivity contribution is -0.0979. The molecular formula is C12H16O. The van der Waals surface area contributed by atoms with Crippen molar-refractivity contribution in [3.05, 3.63) is 35.9 Å². The molecule has 0 amide bonds. The van der Waals surface area contributed by atoms with Gasteiger partial charge >= 0.3 is 0 Å². The largest absolute Gasteiger partial charge is 0.307 e. The maximum Gasteiger partial charge on any atom is 0.106 e. The first-order chi connectivity index (χ1) is 6.47. The summed E-state index contributed by atoms with van der Waals surface area (Å²) in [6.07, 6.45) is 5.67. The summed E-state index contributed by atoms with van der Waals surface area (Å²) in [7, 11) is 0. The van der Waals surface area contributed by atoms with Crippen LogP contribution in [-0.2, 0) is 4.79 Å². The van der Waals surface area contributed by atoms with Crippen molar-refractivity contribution in [3.8, 4) is 0 Å². The molecule has 0 unspecified atom stereocenters. The van der Waals surface area contributed by atoms with E-state index in [0.29, 0.717) is 0 Å². The highest BCUT2D eigenvalue weighted by molar-refractivity contribution is 5.19. The lowest BCUT2D eigenvalue weighted by Gasteiger charge is -2.07. The van der Waals surface area contributed by atoms with Crippen LogP contribution in [0.2, 0.25) is 0 Å². The van der Waals surface area contributed by atoms with Crippen LogP contribution < -0.4 is 0 Å². The molecule has 0 bridgehead atoms. The fourth-order valence-electron chi connectivity index (χ4n) is 1.98. The van der Waals surface area contributed by atoms with E-state index in [9.17, 15) is 0 Å². The molecule has 0 aliphatic heterocycles. The Morgan fingerprint density at radius 2 is 1.54 bits per heavy atom. The normalized spacial score (nSPS) is 16.3. The molecule has 0 heterocycles. The highest BCUT2D eigenvalue weighted by atomic mass is 16.1. The molecule has 1 aliphatic carbocycles. The molecule has 1 fully saturated rings. The van der Waals surface area contributed by atoms with E-state index in [-0.39, 0.29) is 0 Å². The molecule has 1 saturated carbocycles. The van der Waals surface area contributed by atoms with Crippen LogP contribution in [0.4, 0.5) is 0 Å². The molecule has 0 N–H and O–H groups in total. The Bertz CT molecular complexity index is 224. The molecule has 0 radical (unpaired) electrons. The van der Waals surface area contributed by atoms with Crippen molar-refractivity contribution >= 4 is 6.79 Å². The maximum absolute atomic E-state index is 8.00. The van der Waals surface area contributed by atoms with Gasteiger partial charge in [-0.1, -0.05) is 43.2 Å². The summed E-state index contributed by atoms with van der Waals surface area (Å²) in [5.41, 5.74) is 1.55. The molecule has 1 nitrogen and oxygen atoms in total. The Labute approximate surface area is 79.8 Å². The Kier molecular flexibility index (Phi) is 4.24. The molecule has 13 heavy (non-hydrogen) atoms. The average Bonchev–Trinajstić information content (AvgIpc) is 2.75. The van der Waals surface area contributed by atoms with Gasteiger partial charge in [0.05, 0.1) is 0 Å². The summed E-state index contributed by atoms with van der Waals surface area (Å²) in [6, 6.07) is 10.9. The standard InChI is InChI=1S/C11H14.CH2O/c1-2-6-10(7-3-1)11-8-4-5-9-11;1-2/h1-3,6-7,11H,4-5,8-9H2;1H2. The molecule has 0 spiro atoms. The van der Waals surface area contributed by atoms with Crippen LogP contribution in [0.15, 0.2) is 30.3 Å². The minimum Gasteiger partial charge on any atom is -0.307 e. The van der Waals surface area contributed by atoms with E-state index in [0.717, 1.165) is 5.92 Å². The second kappa shape index (κ2) is 5.52. The van der Waals surface area contributed by atoms with Gasteiger partial charge in [-0.25, -0.2) is 0 Å². The molecule has 1 aromatic carbocycles. The third-order valence-corrected chi connectivity index (χ3v) is 2.63. The summed E-state index contributed by atoms with van der Waals surface area (Å²) < 4.78 is 0. The van der Waals surface area contributed by atoms with Crippen molar-refractivity contribution in [1.82, 2.24) is 0 Å². The lowest BCUT2D eigenvalue weighted by Crippen LogP contribution is -1.89. The zero-order valence-electron chi connectivity index (χ0n) is 7.91. The van der Waals surface area contributed by atoms with E-state index >= 15 is 0 Å². The molecule has 0 atom stereocenters. The van der Waals surface area contributed by atoms with E-state index in [1.54, 1.807) is 5.56 Å². The fraction of sp³-hybridized carbons (Fsp3) is 0.417. The van der Waals surface area contributed by atoms with Gasteiger partial charge in [0.1, 0.15) is 6.79 Å². The van der Waals surface area contributed by atoms with E-state index in [2.05, 4.69) is 30.3 Å². The minimum atomic E-state index is 0.871. The van der Waals surface area contributed by atoms with Gasteiger partial charge in [-0.15, -0.1) is 0 Å². The Balaban J connectivity index is 0.000000396. The van der Waals surface area contributed by atoms with Crippen molar-refractivity contribution in [2.75, 3.05) is 0 Å². The van der Waals surface area contributed by atoms with Crippen molar-refractivity contribution in [3.63, 3.8) is 0 Å². The van der Waals surface area contributed by atoms with Crippen LogP contribution in [0, 0.1) is 0 Å². The van der Waals surface area contributed by atoms with E-state index in [4.69, 9.17) is 4.79 Å². The minimum absolute atomic E-state index is 0.871. The van der Waals surface area contributed by atoms with Crippen LogP contribution >= 0.6 is 0 Å². The third-order valence-electron chi connectivity index (χ3n) is 2.63. The lowest BCUT2D eigenvalue weighted by atomic mass is 9.98. The quantitative estimate of drug-likeness (QED) is 0.642. The summed E-state index contributed by atoms with van der Waals surface area (Å²) in [6.45, 7) is 2.00. The van der Waals surface area contributed by atoms with Gasteiger partial charge in [0.2, 0.25) is 0 Å². The summed E-state index contributed by atoms with van der Waals surface area (Å²) in [5.74, 6) is 0.871. The highest BCUT2D eigenvalue weighted by Gasteiger charge is 2.15. The highest BCUT2D eigenvalue weighted by Crippen LogP contribution is 2.33. The van der Waals surface area contributed by atoms with Crippen molar-refractivity contribution < 1.29 is 4.79 Å². The molecule has 1 aliphatic rings. The first kappa shape index (κ1) is 9.97. The van der Waals surface area contributed by atoms with Crippen molar-refractivity contribution in [2.24, 2.45) is 0 Å². The summed E-state index contributed by atoms with van der Waals surface area (Å²) in [4.78, 5) is 8.00. The molecule has 70 valence electrons. The third kappa shape index (κ3) is 2.69. The van der Waals surface area contributed by atoms with E-state index < -0.39 is 0 Å². The van der Waals surface area contributed by atoms with Gasteiger partial charge in [-0.3, -0.25) is 0 Å². The number of hydrogen-bond acceptors (Lipinski definition) is 1. The van der Waals surface area contributed by atoms with Gasteiger partial charge in [0.25, 0.3) is 0 Å². The van der Waals surface area contributed by atoms with E-state index in [1.807, 2.05) is 6.79 Å². The number of hydrogen-bond donors (Lipinski definition) is 0. The smallest absolute Gasteiger partial charge is 0.106 e. The molecule has 1 aromatic rings. The average molecular weight is 176 g/mol. The van der Waals surface area contributed by atoms with Gasteiger partial charge in [0.15, 0.2) is 0 Å². The SMILES string of the molecule is C=O.c1ccc(C2CCCC2)cc1. The summed E-state index contributed by atoms with van der Waals surface area (Å²) in [5, 5.41) is 0. The molecule has 0 aromatic heterocycles.